The molecule has 104 valence electrons. The molecule has 20 heavy (non-hydrogen) atoms. The minimum atomic E-state index is -1.01. The van der Waals surface area contributed by atoms with Gasteiger partial charge in [-0.3, -0.25) is 9.78 Å². The number of hydrogen-bond acceptors (Lipinski definition) is 2. The summed E-state index contributed by atoms with van der Waals surface area (Å²) in [6.45, 7) is 0. The lowest BCUT2D eigenvalue weighted by atomic mass is 10.0. The molecule has 2 rings (SSSR count). The van der Waals surface area contributed by atoms with E-state index in [2.05, 4.69) is 4.98 Å². The van der Waals surface area contributed by atoms with Crippen molar-refractivity contribution in [1.29, 1.82) is 0 Å². The molecule has 0 saturated heterocycles. The Morgan fingerprint density at radius 2 is 1.70 bits per heavy atom. The number of aliphatic carboxylic acids is 1. The number of carboxylic acid groups (broad SMARTS) is 1. The van der Waals surface area contributed by atoms with Crippen LogP contribution in [0.1, 0.15) is 5.69 Å². The zero-order chi connectivity index (χ0) is 14.9. The SMILES string of the molecule is O=C(O)Cc1ncc(Cl)cc1-c1cc(Cl)cc(Cl)c1Cl. The quantitative estimate of drug-likeness (QED) is 0.793. The highest BCUT2D eigenvalue weighted by atomic mass is 35.5. The van der Waals surface area contributed by atoms with Crippen LogP contribution in [0.2, 0.25) is 20.1 Å². The van der Waals surface area contributed by atoms with E-state index in [-0.39, 0.29) is 16.5 Å². The predicted molar refractivity (Wildman–Crippen MR) is 81.1 cm³/mol. The molecule has 0 aliphatic carbocycles. The molecule has 1 N–H and O–H groups in total. The maximum atomic E-state index is 10.9. The molecule has 0 atom stereocenters. The molecule has 0 aliphatic rings. The molecule has 2 aromatic rings. The highest BCUT2D eigenvalue weighted by molar-refractivity contribution is 6.45. The summed E-state index contributed by atoms with van der Waals surface area (Å²) in [5.74, 6) is -1.01. The Morgan fingerprint density at radius 3 is 2.35 bits per heavy atom. The Kier molecular flexibility index (Phi) is 4.76. The predicted octanol–water partition coefficient (Wildman–Crippen LogP) is 4.99. The Bertz CT molecular complexity index is 688. The molecule has 1 aromatic carbocycles. The zero-order valence-corrected chi connectivity index (χ0v) is 12.9. The fourth-order valence-electron chi connectivity index (χ4n) is 1.74. The van der Waals surface area contributed by atoms with Crippen LogP contribution in [0.5, 0.6) is 0 Å². The molecule has 0 unspecified atom stereocenters. The van der Waals surface area contributed by atoms with Gasteiger partial charge in [-0.2, -0.15) is 0 Å². The second-order valence-electron chi connectivity index (χ2n) is 3.97. The van der Waals surface area contributed by atoms with Crippen molar-refractivity contribution in [2.75, 3.05) is 0 Å². The van der Waals surface area contributed by atoms with Crippen LogP contribution >= 0.6 is 46.4 Å². The highest BCUT2D eigenvalue weighted by Crippen LogP contribution is 2.38. The first-order valence-corrected chi connectivity index (χ1v) is 6.91. The summed E-state index contributed by atoms with van der Waals surface area (Å²) in [6.07, 6.45) is 1.12. The third kappa shape index (κ3) is 3.36. The Morgan fingerprint density at radius 1 is 1.05 bits per heavy atom. The van der Waals surface area contributed by atoms with Gasteiger partial charge in [0.1, 0.15) is 0 Å². The standard InChI is InChI=1S/C13H7Cl4NO2/c14-6-1-9(13(17)10(16)3-6)8-2-7(15)5-18-11(8)4-12(19)20/h1-3,5H,4H2,(H,19,20). The molecular weight excluding hydrogens is 344 g/mol. The van der Waals surface area contributed by atoms with Gasteiger partial charge in [-0.05, 0) is 18.2 Å². The summed E-state index contributed by atoms with van der Waals surface area (Å²) in [5, 5.41) is 10.2. The topological polar surface area (TPSA) is 50.2 Å². The average molecular weight is 351 g/mol. The molecule has 3 nitrogen and oxygen atoms in total. The van der Waals surface area contributed by atoms with Crippen LogP contribution in [-0.4, -0.2) is 16.1 Å². The number of aromatic nitrogens is 1. The number of halogens is 4. The number of hydrogen-bond donors (Lipinski definition) is 1. The molecule has 1 aromatic heterocycles. The van der Waals surface area contributed by atoms with Crippen LogP contribution < -0.4 is 0 Å². The number of benzene rings is 1. The molecule has 0 fully saturated rings. The third-order valence-electron chi connectivity index (χ3n) is 2.54. The summed E-state index contributed by atoms with van der Waals surface area (Å²) < 4.78 is 0. The normalized spacial score (nSPS) is 10.6. The Labute approximate surface area is 135 Å². The van der Waals surface area contributed by atoms with Crippen molar-refractivity contribution < 1.29 is 9.90 Å². The van der Waals surface area contributed by atoms with Crippen LogP contribution in [0.25, 0.3) is 11.1 Å². The molecule has 1 heterocycles. The molecule has 0 amide bonds. The van der Waals surface area contributed by atoms with E-state index in [9.17, 15) is 4.79 Å². The lowest BCUT2D eigenvalue weighted by molar-refractivity contribution is -0.136. The second kappa shape index (κ2) is 6.19. The number of pyridine rings is 1. The van der Waals surface area contributed by atoms with Gasteiger partial charge in [0.25, 0.3) is 0 Å². The van der Waals surface area contributed by atoms with Gasteiger partial charge in [-0.1, -0.05) is 46.4 Å². The van der Waals surface area contributed by atoms with Gasteiger partial charge >= 0.3 is 5.97 Å². The minimum Gasteiger partial charge on any atom is -0.481 e. The zero-order valence-electron chi connectivity index (χ0n) is 9.83. The van der Waals surface area contributed by atoms with Gasteiger partial charge in [0.05, 0.1) is 27.2 Å². The van der Waals surface area contributed by atoms with E-state index < -0.39 is 5.97 Å². The summed E-state index contributed by atoms with van der Waals surface area (Å²) in [4.78, 5) is 14.9. The molecule has 0 radical (unpaired) electrons. The van der Waals surface area contributed by atoms with Crippen molar-refractivity contribution in [3.63, 3.8) is 0 Å². The van der Waals surface area contributed by atoms with Crippen LogP contribution in [0, 0.1) is 0 Å². The lowest BCUT2D eigenvalue weighted by Crippen LogP contribution is -2.04. The molecule has 7 heteroatoms. The van der Waals surface area contributed by atoms with Crippen LogP contribution in [0.3, 0.4) is 0 Å². The van der Waals surface area contributed by atoms with E-state index in [0.717, 1.165) is 0 Å². The van der Waals surface area contributed by atoms with E-state index >= 15 is 0 Å². The Balaban J connectivity index is 2.68. The maximum Gasteiger partial charge on any atom is 0.309 e. The largest absolute Gasteiger partial charge is 0.481 e. The van der Waals surface area contributed by atoms with E-state index in [1.165, 1.54) is 12.3 Å². The first-order valence-electron chi connectivity index (χ1n) is 5.39. The van der Waals surface area contributed by atoms with E-state index in [0.29, 0.717) is 26.9 Å². The smallest absolute Gasteiger partial charge is 0.309 e. The number of carbonyl (C=O) groups is 1. The van der Waals surface area contributed by atoms with E-state index in [1.54, 1.807) is 12.1 Å². The lowest BCUT2D eigenvalue weighted by Gasteiger charge is -2.11. The van der Waals surface area contributed by atoms with Gasteiger partial charge < -0.3 is 5.11 Å². The van der Waals surface area contributed by atoms with Gasteiger partial charge in [-0.25, -0.2) is 0 Å². The number of carboxylic acids is 1. The number of nitrogens with zero attached hydrogens (tertiary/aromatic N) is 1. The van der Waals surface area contributed by atoms with Gasteiger partial charge in [0, 0.05) is 22.3 Å². The van der Waals surface area contributed by atoms with Gasteiger partial charge in [0.15, 0.2) is 0 Å². The molecular formula is C13H7Cl4NO2. The van der Waals surface area contributed by atoms with Crippen LogP contribution in [0.15, 0.2) is 24.4 Å². The summed E-state index contributed by atoms with van der Waals surface area (Å²) in [7, 11) is 0. The second-order valence-corrected chi connectivity index (χ2v) is 5.63. The summed E-state index contributed by atoms with van der Waals surface area (Å²) in [6, 6.07) is 4.68. The van der Waals surface area contributed by atoms with E-state index in [4.69, 9.17) is 51.5 Å². The van der Waals surface area contributed by atoms with Crippen molar-refractivity contribution >= 4 is 52.4 Å². The first-order chi connectivity index (χ1) is 9.38. The van der Waals surface area contributed by atoms with Crippen molar-refractivity contribution in [1.82, 2.24) is 4.98 Å². The van der Waals surface area contributed by atoms with E-state index in [1.807, 2.05) is 0 Å². The van der Waals surface area contributed by atoms with Crippen molar-refractivity contribution in [2.24, 2.45) is 0 Å². The maximum absolute atomic E-state index is 10.9. The van der Waals surface area contributed by atoms with Crippen molar-refractivity contribution in [3.8, 4) is 11.1 Å². The molecule has 0 aliphatic heterocycles. The van der Waals surface area contributed by atoms with Gasteiger partial charge in [-0.15, -0.1) is 0 Å². The van der Waals surface area contributed by atoms with Gasteiger partial charge in [0.2, 0.25) is 0 Å². The van der Waals surface area contributed by atoms with Crippen molar-refractivity contribution in [3.05, 3.63) is 50.2 Å². The van der Waals surface area contributed by atoms with Crippen LogP contribution in [0.4, 0.5) is 0 Å². The van der Waals surface area contributed by atoms with Crippen molar-refractivity contribution in [2.45, 2.75) is 6.42 Å². The molecule has 0 bridgehead atoms. The molecule has 0 saturated carbocycles. The average Bonchev–Trinajstić information content (AvgIpc) is 2.35. The summed E-state index contributed by atoms with van der Waals surface area (Å²) in [5.41, 5.74) is 1.33. The monoisotopic (exact) mass is 349 g/mol. The molecule has 0 spiro atoms. The minimum absolute atomic E-state index is 0.257. The third-order valence-corrected chi connectivity index (χ3v) is 3.77. The highest BCUT2D eigenvalue weighted by Gasteiger charge is 2.16. The Hall–Kier alpha value is -1.000. The summed E-state index contributed by atoms with van der Waals surface area (Å²) >= 11 is 24.0. The fourth-order valence-corrected chi connectivity index (χ4v) is 2.60. The number of rotatable bonds is 3. The first kappa shape index (κ1) is 15.4. The van der Waals surface area contributed by atoms with Crippen LogP contribution in [-0.2, 0) is 11.2 Å². The fraction of sp³-hybridized carbons (Fsp3) is 0.0769.